The minimum Gasteiger partial charge on any atom is -0.468 e. The summed E-state index contributed by atoms with van der Waals surface area (Å²) in [7, 11) is 1.44. The molecule has 1 aliphatic rings. The molecule has 4 nitrogen and oxygen atoms in total. The molecule has 1 heterocycles. The molecule has 5 heteroatoms. The van der Waals surface area contributed by atoms with Crippen LogP contribution in [-0.4, -0.2) is 44.2 Å². The number of methoxy groups -OCH3 is 1. The summed E-state index contributed by atoms with van der Waals surface area (Å²) >= 11 is 6.09. The van der Waals surface area contributed by atoms with E-state index in [0.717, 1.165) is 42.5 Å². The van der Waals surface area contributed by atoms with Crippen LogP contribution in [0.5, 0.6) is 0 Å². The summed E-state index contributed by atoms with van der Waals surface area (Å²) in [4.78, 5) is 16.8. The number of carbonyl (C=O) groups excluding carboxylic acids is 1. The van der Waals surface area contributed by atoms with Gasteiger partial charge in [0.25, 0.3) is 0 Å². The van der Waals surface area contributed by atoms with E-state index >= 15 is 0 Å². The summed E-state index contributed by atoms with van der Waals surface area (Å²) in [6, 6.07) is 17.3. The highest BCUT2D eigenvalue weighted by atomic mass is 35.5. The van der Waals surface area contributed by atoms with Crippen LogP contribution in [0.4, 0.5) is 5.69 Å². The summed E-state index contributed by atoms with van der Waals surface area (Å²) in [5.41, 5.74) is 2.09. The normalized spacial score (nSPS) is 16.7. The Balaban J connectivity index is 1.73. The van der Waals surface area contributed by atoms with Crippen molar-refractivity contribution < 1.29 is 9.53 Å². The Morgan fingerprint density at radius 3 is 2.38 bits per heavy atom. The highest BCUT2D eigenvalue weighted by Crippen LogP contribution is 2.26. The van der Waals surface area contributed by atoms with Gasteiger partial charge in [-0.2, -0.15) is 0 Å². The lowest BCUT2D eigenvalue weighted by Crippen LogP contribution is -2.49. The van der Waals surface area contributed by atoms with Gasteiger partial charge in [-0.3, -0.25) is 4.90 Å². The zero-order valence-electron chi connectivity index (χ0n) is 13.7. The maximum atomic E-state index is 12.3. The van der Waals surface area contributed by atoms with E-state index in [1.54, 1.807) is 0 Å². The fraction of sp³-hybridized carbons (Fsp3) is 0.316. The highest BCUT2D eigenvalue weighted by molar-refractivity contribution is 6.30. The number of halogens is 1. The van der Waals surface area contributed by atoms with Gasteiger partial charge in [0.1, 0.15) is 6.04 Å². The average molecular weight is 345 g/mol. The van der Waals surface area contributed by atoms with Crippen molar-refractivity contribution in [2.24, 2.45) is 0 Å². The number of esters is 1. The van der Waals surface area contributed by atoms with Gasteiger partial charge in [-0.25, -0.2) is 4.79 Å². The smallest absolute Gasteiger partial charge is 0.327 e. The summed E-state index contributed by atoms with van der Waals surface area (Å²) < 4.78 is 5.04. The second-order valence-corrected chi connectivity index (χ2v) is 6.28. The van der Waals surface area contributed by atoms with Crippen molar-refractivity contribution >= 4 is 23.3 Å². The third-order valence-corrected chi connectivity index (χ3v) is 4.63. The summed E-state index contributed by atoms with van der Waals surface area (Å²) in [5, 5.41) is 0.742. The lowest BCUT2D eigenvalue weighted by molar-refractivity contribution is -0.147. The van der Waals surface area contributed by atoms with Crippen LogP contribution in [0.1, 0.15) is 11.6 Å². The second-order valence-electron chi connectivity index (χ2n) is 5.84. The van der Waals surface area contributed by atoms with E-state index in [1.807, 2.05) is 48.5 Å². The lowest BCUT2D eigenvalue weighted by atomic mass is 10.0. The first kappa shape index (κ1) is 16.8. The zero-order chi connectivity index (χ0) is 16.9. The predicted molar refractivity (Wildman–Crippen MR) is 96.4 cm³/mol. The number of piperazine rings is 1. The monoisotopic (exact) mass is 344 g/mol. The summed E-state index contributed by atoms with van der Waals surface area (Å²) in [5.74, 6) is -0.211. The van der Waals surface area contributed by atoms with Crippen LogP contribution >= 0.6 is 11.6 Å². The Morgan fingerprint density at radius 2 is 1.75 bits per heavy atom. The average Bonchev–Trinajstić information content (AvgIpc) is 2.63. The van der Waals surface area contributed by atoms with Gasteiger partial charge < -0.3 is 9.64 Å². The van der Waals surface area contributed by atoms with E-state index in [-0.39, 0.29) is 12.0 Å². The van der Waals surface area contributed by atoms with Crippen LogP contribution in [0.2, 0.25) is 5.02 Å². The molecular weight excluding hydrogens is 324 g/mol. The van der Waals surface area contributed by atoms with E-state index in [4.69, 9.17) is 16.3 Å². The lowest BCUT2D eigenvalue weighted by Gasteiger charge is -2.39. The molecule has 0 spiro atoms. The molecule has 0 aromatic heterocycles. The Morgan fingerprint density at radius 1 is 1.04 bits per heavy atom. The van der Waals surface area contributed by atoms with Crippen LogP contribution in [0.3, 0.4) is 0 Å². The first-order chi connectivity index (χ1) is 11.7. The molecule has 0 saturated carbocycles. The molecule has 1 aliphatic heterocycles. The molecule has 0 N–H and O–H groups in total. The number of anilines is 1. The van der Waals surface area contributed by atoms with E-state index in [9.17, 15) is 4.79 Å². The summed E-state index contributed by atoms with van der Waals surface area (Å²) in [6.07, 6.45) is 0. The third-order valence-electron chi connectivity index (χ3n) is 4.39. The molecule has 0 unspecified atom stereocenters. The fourth-order valence-electron chi connectivity index (χ4n) is 3.15. The van der Waals surface area contributed by atoms with Crippen molar-refractivity contribution in [3.8, 4) is 0 Å². The number of nitrogens with zero attached hydrogens (tertiary/aromatic N) is 2. The molecule has 2 aromatic rings. The fourth-order valence-corrected chi connectivity index (χ4v) is 3.34. The first-order valence-corrected chi connectivity index (χ1v) is 8.44. The quantitative estimate of drug-likeness (QED) is 0.796. The van der Waals surface area contributed by atoms with Gasteiger partial charge in [-0.05, 0) is 23.8 Å². The molecule has 1 atom stereocenters. The maximum absolute atomic E-state index is 12.3. The number of ether oxygens (including phenoxy) is 1. The van der Waals surface area contributed by atoms with Gasteiger partial charge in [0.15, 0.2) is 0 Å². The van der Waals surface area contributed by atoms with E-state index in [1.165, 1.54) is 7.11 Å². The number of benzene rings is 2. The standard InChI is InChI=1S/C19H21ClN2O2/c1-24-19(23)18(15-6-3-2-4-7-15)22-12-10-21(11-13-22)17-9-5-8-16(20)14-17/h2-9,14,18H,10-13H2,1H3/t18-/m1/s1. The molecule has 0 aliphatic carbocycles. The molecule has 0 radical (unpaired) electrons. The Kier molecular flexibility index (Phi) is 5.38. The van der Waals surface area contributed by atoms with Gasteiger partial charge in [-0.1, -0.05) is 48.0 Å². The second kappa shape index (κ2) is 7.69. The third kappa shape index (κ3) is 3.71. The van der Waals surface area contributed by atoms with Crippen molar-refractivity contribution in [1.29, 1.82) is 0 Å². The Labute approximate surface area is 147 Å². The molecule has 1 fully saturated rings. The van der Waals surface area contributed by atoms with Crippen molar-refractivity contribution in [2.45, 2.75) is 6.04 Å². The molecule has 0 bridgehead atoms. The number of hydrogen-bond acceptors (Lipinski definition) is 4. The number of carbonyl (C=O) groups is 1. The molecule has 3 rings (SSSR count). The highest BCUT2D eigenvalue weighted by Gasteiger charge is 2.31. The van der Waals surface area contributed by atoms with E-state index in [2.05, 4.69) is 15.9 Å². The molecule has 126 valence electrons. The molecule has 2 aromatic carbocycles. The van der Waals surface area contributed by atoms with Crippen LogP contribution in [0.25, 0.3) is 0 Å². The zero-order valence-corrected chi connectivity index (χ0v) is 14.4. The van der Waals surface area contributed by atoms with Crippen LogP contribution in [0.15, 0.2) is 54.6 Å². The van der Waals surface area contributed by atoms with E-state index in [0.29, 0.717) is 0 Å². The minimum absolute atomic E-state index is 0.211. The largest absolute Gasteiger partial charge is 0.468 e. The first-order valence-electron chi connectivity index (χ1n) is 8.06. The van der Waals surface area contributed by atoms with Gasteiger partial charge in [0.2, 0.25) is 0 Å². The summed E-state index contributed by atoms with van der Waals surface area (Å²) in [6.45, 7) is 3.28. The predicted octanol–water partition coefficient (Wildman–Crippen LogP) is 3.38. The topological polar surface area (TPSA) is 32.8 Å². The Hall–Kier alpha value is -2.04. The van der Waals surface area contributed by atoms with Gasteiger partial charge in [-0.15, -0.1) is 0 Å². The van der Waals surface area contributed by atoms with Gasteiger partial charge in [0, 0.05) is 36.9 Å². The van der Waals surface area contributed by atoms with Gasteiger partial charge >= 0.3 is 5.97 Å². The van der Waals surface area contributed by atoms with Crippen LogP contribution in [0, 0.1) is 0 Å². The van der Waals surface area contributed by atoms with Crippen LogP contribution < -0.4 is 4.90 Å². The molecular formula is C19H21ClN2O2. The number of hydrogen-bond donors (Lipinski definition) is 0. The SMILES string of the molecule is COC(=O)[C@@H](c1ccccc1)N1CCN(c2cccc(Cl)c2)CC1. The number of rotatable bonds is 4. The minimum atomic E-state index is -0.349. The van der Waals surface area contributed by atoms with Crippen LogP contribution in [-0.2, 0) is 9.53 Å². The van der Waals surface area contributed by atoms with Crippen molar-refractivity contribution in [1.82, 2.24) is 4.90 Å². The molecule has 24 heavy (non-hydrogen) atoms. The maximum Gasteiger partial charge on any atom is 0.327 e. The molecule has 0 amide bonds. The van der Waals surface area contributed by atoms with Crippen molar-refractivity contribution in [3.63, 3.8) is 0 Å². The van der Waals surface area contributed by atoms with Gasteiger partial charge in [0.05, 0.1) is 7.11 Å². The van der Waals surface area contributed by atoms with Crippen molar-refractivity contribution in [2.75, 3.05) is 38.2 Å². The Bertz CT molecular complexity index is 685. The van der Waals surface area contributed by atoms with Crippen molar-refractivity contribution in [3.05, 3.63) is 65.2 Å². The molecule has 1 saturated heterocycles. The van der Waals surface area contributed by atoms with E-state index < -0.39 is 0 Å².